The molecule has 0 saturated heterocycles. The zero-order valence-corrected chi connectivity index (χ0v) is 17.9. The summed E-state index contributed by atoms with van der Waals surface area (Å²) in [7, 11) is -3.55. The van der Waals surface area contributed by atoms with Gasteiger partial charge < -0.3 is 5.32 Å². The highest BCUT2D eigenvalue weighted by Gasteiger charge is 2.26. The van der Waals surface area contributed by atoms with Crippen LogP contribution in [0, 0.1) is 6.92 Å². The fourth-order valence-electron chi connectivity index (χ4n) is 3.31. The first-order chi connectivity index (χ1) is 13.9. The third kappa shape index (κ3) is 4.43. The number of rotatable bonds is 6. The highest BCUT2D eigenvalue weighted by molar-refractivity contribution is 7.90. The molecule has 150 valence electrons. The van der Waals surface area contributed by atoms with E-state index in [1.165, 1.54) is 11.3 Å². The molecule has 0 spiro atoms. The summed E-state index contributed by atoms with van der Waals surface area (Å²) in [4.78, 5) is 14.6. The maximum Gasteiger partial charge on any atom is 0.261 e. The van der Waals surface area contributed by atoms with E-state index in [2.05, 4.69) is 5.32 Å². The second-order valence-electron chi connectivity index (χ2n) is 7.50. The van der Waals surface area contributed by atoms with E-state index >= 15 is 0 Å². The van der Waals surface area contributed by atoms with Crippen LogP contribution in [0.5, 0.6) is 0 Å². The molecule has 1 heterocycles. The maximum atomic E-state index is 13.0. The van der Waals surface area contributed by atoms with Crippen molar-refractivity contribution in [3.8, 4) is 10.4 Å². The van der Waals surface area contributed by atoms with Gasteiger partial charge in [-0.15, -0.1) is 11.3 Å². The summed E-state index contributed by atoms with van der Waals surface area (Å²) in [6.45, 7) is 1.92. The Balaban J connectivity index is 1.69. The number of amides is 1. The Labute approximate surface area is 175 Å². The van der Waals surface area contributed by atoms with Crippen molar-refractivity contribution in [1.29, 1.82) is 0 Å². The van der Waals surface area contributed by atoms with Gasteiger partial charge in [-0.3, -0.25) is 4.79 Å². The maximum absolute atomic E-state index is 13.0. The van der Waals surface area contributed by atoms with E-state index in [9.17, 15) is 13.2 Å². The van der Waals surface area contributed by atoms with Crippen LogP contribution in [0.2, 0.25) is 0 Å². The van der Waals surface area contributed by atoms with Gasteiger partial charge in [-0.25, -0.2) is 8.42 Å². The van der Waals surface area contributed by atoms with Gasteiger partial charge in [-0.1, -0.05) is 48.0 Å². The van der Waals surface area contributed by atoms with Crippen molar-refractivity contribution in [2.75, 3.05) is 0 Å². The summed E-state index contributed by atoms with van der Waals surface area (Å²) in [6.07, 6.45) is 3.10. The molecule has 0 atom stereocenters. The molecular weight excluding hydrogens is 402 g/mol. The topological polar surface area (TPSA) is 63.2 Å². The third-order valence-electron chi connectivity index (χ3n) is 5.24. The quantitative estimate of drug-likeness (QED) is 0.606. The van der Waals surface area contributed by atoms with E-state index in [1.54, 1.807) is 24.3 Å². The van der Waals surface area contributed by atoms with Crippen molar-refractivity contribution in [3.05, 3.63) is 76.7 Å². The van der Waals surface area contributed by atoms with Crippen LogP contribution in [0.1, 0.15) is 40.1 Å². The summed E-state index contributed by atoms with van der Waals surface area (Å²) in [5, 5.41) is 3.05. The Kier molecular flexibility index (Phi) is 5.56. The number of carbonyl (C=O) groups is 1. The number of nitrogens with one attached hydrogen (secondary N) is 1. The zero-order chi connectivity index (χ0) is 20.4. The van der Waals surface area contributed by atoms with Gasteiger partial charge in [0.25, 0.3) is 5.91 Å². The van der Waals surface area contributed by atoms with Crippen LogP contribution in [-0.4, -0.2) is 20.4 Å². The number of sulfone groups is 1. The van der Waals surface area contributed by atoms with E-state index in [0.717, 1.165) is 35.3 Å². The monoisotopic (exact) mass is 425 g/mol. The molecule has 0 aliphatic heterocycles. The van der Waals surface area contributed by atoms with Gasteiger partial charge in [0.1, 0.15) is 0 Å². The molecule has 1 amide bonds. The number of thiophene rings is 1. The van der Waals surface area contributed by atoms with Crippen LogP contribution in [0.25, 0.3) is 10.4 Å². The van der Waals surface area contributed by atoms with Crippen LogP contribution in [-0.2, 0) is 15.6 Å². The van der Waals surface area contributed by atoms with Gasteiger partial charge >= 0.3 is 0 Å². The highest BCUT2D eigenvalue weighted by Crippen LogP contribution is 2.34. The molecule has 1 N–H and O–H groups in total. The molecule has 0 bridgehead atoms. The standard InChI is InChI=1S/C23H23NO3S2/c1-16-10-12-20(13-11-16)29(26,27)15-18-14-21(17-6-3-2-4-7-17)28-22(18)23(25)24-19-8-5-9-19/h2-4,6-7,10-14,19H,5,8-9,15H2,1H3,(H,24,25). The number of benzene rings is 2. The van der Waals surface area contributed by atoms with Crippen LogP contribution in [0.15, 0.2) is 65.6 Å². The highest BCUT2D eigenvalue weighted by atomic mass is 32.2. The summed E-state index contributed by atoms with van der Waals surface area (Å²) >= 11 is 1.36. The molecule has 2 aromatic carbocycles. The normalized spacial score (nSPS) is 14.4. The van der Waals surface area contributed by atoms with Crippen molar-refractivity contribution in [3.63, 3.8) is 0 Å². The Bertz CT molecular complexity index is 1110. The molecule has 3 aromatic rings. The SMILES string of the molecule is Cc1ccc(S(=O)(=O)Cc2cc(-c3ccccc3)sc2C(=O)NC2CCC2)cc1. The van der Waals surface area contributed by atoms with Crippen molar-refractivity contribution in [2.24, 2.45) is 0 Å². The molecular formula is C23H23NO3S2. The average Bonchev–Trinajstić information content (AvgIpc) is 3.09. The molecule has 1 aliphatic rings. The molecule has 1 aromatic heterocycles. The minimum absolute atomic E-state index is 0.170. The first-order valence-electron chi connectivity index (χ1n) is 9.71. The van der Waals surface area contributed by atoms with Crippen molar-refractivity contribution in [1.82, 2.24) is 5.32 Å². The average molecular weight is 426 g/mol. The fourth-order valence-corrected chi connectivity index (χ4v) is 5.84. The Morgan fingerprint density at radius 3 is 2.38 bits per heavy atom. The first-order valence-corrected chi connectivity index (χ1v) is 12.2. The lowest BCUT2D eigenvalue weighted by atomic mass is 9.93. The van der Waals surface area contributed by atoms with Crippen molar-refractivity contribution < 1.29 is 13.2 Å². The summed E-state index contributed by atoms with van der Waals surface area (Å²) < 4.78 is 26.0. The minimum Gasteiger partial charge on any atom is -0.349 e. The van der Waals surface area contributed by atoms with Gasteiger partial charge in [0, 0.05) is 10.9 Å². The van der Waals surface area contributed by atoms with Gasteiger partial charge in [0.15, 0.2) is 9.84 Å². The molecule has 4 rings (SSSR count). The van der Waals surface area contributed by atoms with E-state index < -0.39 is 9.84 Å². The summed E-state index contributed by atoms with van der Waals surface area (Å²) in [6, 6.07) is 18.6. The molecule has 1 saturated carbocycles. The zero-order valence-electron chi connectivity index (χ0n) is 16.2. The van der Waals surface area contributed by atoms with E-state index in [0.29, 0.717) is 10.4 Å². The van der Waals surface area contributed by atoms with E-state index in [1.807, 2.05) is 43.3 Å². The number of carbonyl (C=O) groups excluding carboxylic acids is 1. The Hall–Kier alpha value is -2.44. The molecule has 1 aliphatic carbocycles. The van der Waals surface area contributed by atoms with Crippen LogP contribution < -0.4 is 5.32 Å². The second-order valence-corrected chi connectivity index (χ2v) is 10.5. The Morgan fingerprint density at radius 2 is 1.76 bits per heavy atom. The largest absolute Gasteiger partial charge is 0.349 e. The number of hydrogen-bond acceptors (Lipinski definition) is 4. The van der Waals surface area contributed by atoms with Crippen molar-refractivity contribution >= 4 is 27.1 Å². The van der Waals surface area contributed by atoms with E-state index in [-0.39, 0.29) is 22.6 Å². The van der Waals surface area contributed by atoms with Gasteiger partial charge in [-0.2, -0.15) is 0 Å². The molecule has 4 nitrogen and oxygen atoms in total. The smallest absolute Gasteiger partial charge is 0.261 e. The summed E-state index contributed by atoms with van der Waals surface area (Å²) in [5.41, 5.74) is 2.55. The predicted molar refractivity (Wildman–Crippen MR) is 117 cm³/mol. The predicted octanol–water partition coefficient (Wildman–Crippen LogP) is 4.98. The third-order valence-corrected chi connectivity index (χ3v) is 8.15. The van der Waals surface area contributed by atoms with Gasteiger partial charge in [-0.05, 0) is 55.5 Å². The lowest BCUT2D eigenvalue weighted by molar-refractivity contribution is 0.0920. The van der Waals surface area contributed by atoms with Crippen LogP contribution in [0.3, 0.4) is 0 Å². The molecule has 0 unspecified atom stereocenters. The Morgan fingerprint density at radius 1 is 1.07 bits per heavy atom. The fraction of sp³-hybridized carbons (Fsp3) is 0.261. The van der Waals surface area contributed by atoms with Crippen molar-refractivity contribution in [2.45, 2.75) is 42.9 Å². The van der Waals surface area contributed by atoms with E-state index in [4.69, 9.17) is 0 Å². The molecule has 6 heteroatoms. The summed E-state index contributed by atoms with van der Waals surface area (Å²) in [5.74, 6) is -0.358. The second kappa shape index (κ2) is 8.13. The molecule has 0 radical (unpaired) electrons. The lowest BCUT2D eigenvalue weighted by Crippen LogP contribution is -2.39. The minimum atomic E-state index is -3.55. The van der Waals surface area contributed by atoms with Crippen LogP contribution >= 0.6 is 11.3 Å². The molecule has 1 fully saturated rings. The lowest BCUT2D eigenvalue weighted by Gasteiger charge is -2.26. The van der Waals surface area contributed by atoms with Gasteiger partial charge in [0.2, 0.25) is 0 Å². The number of hydrogen-bond donors (Lipinski definition) is 1. The van der Waals surface area contributed by atoms with Gasteiger partial charge in [0.05, 0.1) is 15.5 Å². The first kappa shape index (κ1) is 19.9. The molecule has 29 heavy (non-hydrogen) atoms. The number of aryl methyl sites for hydroxylation is 1. The van der Waals surface area contributed by atoms with Crippen LogP contribution in [0.4, 0.5) is 0 Å².